The van der Waals surface area contributed by atoms with Gasteiger partial charge in [0.15, 0.2) is 6.29 Å². The molecule has 0 aliphatic carbocycles. The Bertz CT molecular complexity index is 117. The van der Waals surface area contributed by atoms with Gasteiger partial charge in [-0.1, -0.05) is 0 Å². The Morgan fingerprint density at radius 3 is 2.45 bits per heavy atom. The molecule has 0 amide bonds. The quantitative estimate of drug-likeness (QED) is 0.602. The zero-order valence-electron chi connectivity index (χ0n) is 7.45. The Kier molecular flexibility index (Phi) is 2.87. The van der Waals surface area contributed by atoms with Gasteiger partial charge in [-0.3, -0.25) is 0 Å². The molecule has 0 bridgehead atoms. The van der Waals surface area contributed by atoms with Crippen molar-refractivity contribution in [3.63, 3.8) is 0 Å². The first-order valence-electron chi connectivity index (χ1n) is 4.09. The van der Waals surface area contributed by atoms with Gasteiger partial charge >= 0.3 is 0 Å². The van der Waals surface area contributed by atoms with Gasteiger partial charge < -0.3 is 14.7 Å². The highest BCUT2D eigenvalue weighted by molar-refractivity contribution is 4.75. The van der Waals surface area contributed by atoms with E-state index in [1.807, 2.05) is 21.0 Å². The normalized spacial score (nSPS) is 39.5. The molecule has 66 valence electrons. The minimum atomic E-state index is -0.564. The molecule has 0 aromatic heterocycles. The average Bonchev–Trinajstić information content (AvgIpc) is 1.85. The van der Waals surface area contributed by atoms with E-state index >= 15 is 0 Å². The van der Waals surface area contributed by atoms with Crippen LogP contribution in [0.2, 0.25) is 0 Å². The highest BCUT2D eigenvalue weighted by Gasteiger charge is 2.26. The SMILES string of the molecule is C[C@@H]1CC(N(C)C)CC(O)O1. The highest BCUT2D eigenvalue weighted by Crippen LogP contribution is 2.20. The summed E-state index contributed by atoms with van der Waals surface area (Å²) in [5.41, 5.74) is 0. The van der Waals surface area contributed by atoms with Crippen molar-refractivity contribution in [2.75, 3.05) is 14.1 Å². The number of hydrogen-bond acceptors (Lipinski definition) is 3. The fraction of sp³-hybridized carbons (Fsp3) is 1.00. The Labute approximate surface area is 68.0 Å². The summed E-state index contributed by atoms with van der Waals surface area (Å²) in [5.74, 6) is 0. The molecule has 0 saturated carbocycles. The van der Waals surface area contributed by atoms with Gasteiger partial charge in [0.25, 0.3) is 0 Å². The third-order valence-corrected chi connectivity index (χ3v) is 2.20. The van der Waals surface area contributed by atoms with Crippen LogP contribution in [0.4, 0.5) is 0 Å². The fourth-order valence-corrected chi connectivity index (χ4v) is 1.51. The number of nitrogens with zero attached hydrogens (tertiary/aromatic N) is 1. The van der Waals surface area contributed by atoms with Crippen LogP contribution in [0.15, 0.2) is 0 Å². The molecule has 11 heavy (non-hydrogen) atoms. The maximum atomic E-state index is 9.25. The predicted molar refractivity (Wildman–Crippen MR) is 43.3 cm³/mol. The van der Waals surface area contributed by atoms with E-state index in [0.717, 1.165) is 12.8 Å². The van der Waals surface area contributed by atoms with Gasteiger partial charge in [-0.2, -0.15) is 0 Å². The molecule has 1 aliphatic rings. The van der Waals surface area contributed by atoms with Crippen molar-refractivity contribution in [3.8, 4) is 0 Å². The van der Waals surface area contributed by atoms with Crippen molar-refractivity contribution in [3.05, 3.63) is 0 Å². The van der Waals surface area contributed by atoms with E-state index in [9.17, 15) is 5.11 Å². The van der Waals surface area contributed by atoms with Crippen molar-refractivity contribution >= 4 is 0 Å². The first-order valence-corrected chi connectivity index (χ1v) is 4.09. The van der Waals surface area contributed by atoms with Crippen LogP contribution in [0.5, 0.6) is 0 Å². The third kappa shape index (κ3) is 2.43. The standard InChI is InChI=1S/C8H17NO2/c1-6-4-7(9(2)3)5-8(10)11-6/h6-8,10H,4-5H2,1-3H3/t6-,7?,8?/m1/s1. The van der Waals surface area contributed by atoms with Crippen LogP contribution >= 0.6 is 0 Å². The number of rotatable bonds is 1. The van der Waals surface area contributed by atoms with Crippen LogP contribution in [0, 0.1) is 0 Å². The van der Waals surface area contributed by atoms with Crippen molar-refractivity contribution in [1.82, 2.24) is 4.90 Å². The van der Waals surface area contributed by atoms with Crippen LogP contribution in [0.1, 0.15) is 19.8 Å². The smallest absolute Gasteiger partial charge is 0.156 e. The van der Waals surface area contributed by atoms with Gasteiger partial charge in [0.05, 0.1) is 6.10 Å². The minimum absolute atomic E-state index is 0.186. The summed E-state index contributed by atoms with van der Waals surface area (Å²) in [6.45, 7) is 2.00. The molecule has 0 spiro atoms. The zero-order chi connectivity index (χ0) is 8.43. The van der Waals surface area contributed by atoms with Gasteiger partial charge in [-0.05, 0) is 27.4 Å². The van der Waals surface area contributed by atoms with Crippen LogP contribution in [-0.2, 0) is 4.74 Å². The summed E-state index contributed by atoms with van der Waals surface area (Å²) in [6, 6.07) is 0.466. The number of aliphatic hydroxyl groups excluding tert-OH is 1. The minimum Gasteiger partial charge on any atom is -0.368 e. The van der Waals surface area contributed by atoms with Crippen LogP contribution in [0.3, 0.4) is 0 Å². The Hall–Kier alpha value is -0.120. The number of ether oxygens (including phenoxy) is 1. The van der Waals surface area contributed by atoms with Crippen molar-refractivity contribution < 1.29 is 9.84 Å². The summed E-state index contributed by atoms with van der Waals surface area (Å²) < 4.78 is 5.20. The first-order chi connectivity index (χ1) is 5.09. The maximum Gasteiger partial charge on any atom is 0.156 e. The predicted octanol–water partition coefficient (Wildman–Crippen LogP) is 0.434. The van der Waals surface area contributed by atoms with E-state index in [4.69, 9.17) is 4.74 Å². The molecule has 1 heterocycles. The lowest BCUT2D eigenvalue weighted by Gasteiger charge is -2.34. The van der Waals surface area contributed by atoms with Gasteiger partial charge in [-0.15, -0.1) is 0 Å². The average molecular weight is 159 g/mol. The van der Waals surface area contributed by atoms with Gasteiger partial charge in [0, 0.05) is 12.5 Å². The van der Waals surface area contributed by atoms with Gasteiger partial charge in [0.2, 0.25) is 0 Å². The van der Waals surface area contributed by atoms with Gasteiger partial charge in [-0.25, -0.2) is 0 Å². The Balaban J connectivity index is 2.43. The summed E-state index contributed by atoms with van der Waals surface area (Å²) in [7, 11) is 4.07. The van der Waals surface area contributed by atoms with Gasteiger partial charge in [0.1, 0.15) is 0 Å². The number of hydrogen-bond donors (Lipinski definition) is 1. The Morgan fingerprint density at radius 2 is 2.00 bits per heavy atom. The summed E-state index contributed by atoms with van der Waals surface area (Å²) in [5, 5.41) is 9.25. The van der Waals surface area contributed by atoms with Crippen molar-refractivity contribution in [2.24, 2.45) is 0 Å². The second-order valence-corrected chi connectivity index (χ2v) is 3.49. The lowest BCUT2D eigenvalue weighted by molar-refractivity contribution is -0.172. The number of aliphatic hydroxyl groups is 1. The van der Waals surface area contributed by atoms with E-state index in [-0.39, 0.29) is 6.10 Å². The molecule has 0 aromatic carbocycles. The zero-order valence-corrected chi connectivity index (χ0v) is 7.45. The second-order valence-electron chi connectivity index (χ2n) is 3.49. The molecule has 3 atom stereocenters. The lowest BCUT2D eigenvalue weighted by atomic mass is 10.0. The van der Waals surface area contributed by atoms with Crippen molar-refractivity contribution in [2.45, 2.75) is 38.2 Å². The lowest BCUT2D eigenvalue weighted by Crippen LogP contribution is -2.41. The summed E-state index contributed by atoms with van der Waals surface area (Å²) in [6.07, 6.45) is 1.37. The van der Waals surface area contributed by atoms with Crippen LogP contribution in [-0.4, -0.2) is 42.5 Å². The van der Waals surface area contributed by atoms with Crippen molar-refractivity contribution in [1.29, 1.82) is 0 Å². The maximum absolute atomic E-state index is 9.25. The van der Waals surface area contributed by atoms with Crippen LogP contribution in [0.25, 0.3) is 0 Å². The topological polar surface area (TPSA) is 32.7 Å². The molecule has 0 radical (unpaired) electrons. The molecule has 1 N–H and O–H groups in total. The van der Waals surface area contributed by atoms with Crippen LogP contribution < -0.4 is 0 Å². The van der Waals surface area contributed by atoms with E-state index in [2.05, 4.69) is 4.90 Å². The molecule has 3 nitrogen and oxygen atoms in total. The second kappa shape index (κ2) is 3.52. The highest BCUT2D eigenvalue weighted by atomic mass is 16.6. The molecular formula is C8H17NO2. The monoisotopic (exact) mass is 159 g/mol. The molecule has 1 saturated heterocycles. The fourth-order valence-electron chi connectivity index (χ4n) is 1.51. The van der Waals surface area contributed by atoms with E-state index in [1.54, 1.807) is 0 Å². The van der Waals surface area contributed by atoms with E-state index < -0.39 is 6.29 Å². The van der Waals surface area contributed by atoms with E-state index in [0.29, 0.717) is 6.04 Å². The molecule has 1 rings (SSSR count). The summed E-state index contributed by atoms with van der Waals surface area (Å²) >= 11 is 0. The first kappa shape index (κ1) is 8.97. The third-order valence-electron chi connectivity index (χ3n) is 2.20. The molecule has 1 aliphatic heterocycles. The molecule has 2 unspecified atom stereocenters. The summed E-state index contributed by atoms with van der Waals surface area (Å²) in [4.78, 5) is 2.14. The molecular weight excluding hydrogens is 142 g/mol. The Morgan fingerprint density at radius 1 is 1.36 bits per heavy atom. The molecule has 1 fully saturated rings. The largest absolute Gasteiger partial charge is 0.368 e. The van der Waals surface area contributed by atoms with E-state index in [1.165, 1.54) is 0 Å². The molecule has 0 aromatic rings. The molecule has 3 heteroatoms.